The van der Waals surface area contributed by atoms with Gasteiger partial charge in [-0.2, -0.15) is 0 Å². The first kappa shape index (κ1) is 12.8. The summed E-state index contributed by atoms with van der Waals surface area (Å²) in [5.74, 6) is -0.291. The molecule has 20 heavy (non-hydrogen) atoms. The number of fused-ring (bicyclic) bond motifs is 1. The van der Waals surface area contributed by atoms with Gasteiger partial charge in [-0.3, -0.25) is 4.98 Å². The molecule has 0 aliphatic carbocycles. The second-order valence-electron chi connectivity index (χ2n) is 4.77. The summed E-state index contributed by atoms with van der Waals surface area (Å²) in [6.07, 6.45) is 1.13. The number of para-hydroxylation sites is 1. The molecule has 3 rings (SSSR count). The molecule has 1 heterocycles. The maximum atomic E-state index is 13.6. The smallest absolute Gasteiger partial charge is 0.126 e. The van der Waals surface area contributed by atoms with E-state index in [9.17, 15) is 9.50 Å². The highest BCUT2D eigenvalue weighted by atomic mass is 19.1. The minimum absolute atomic E-state index is 0.243. The van der Waals surface area contributed by atoms with Crippen molar-refractivity contribution >= 4 is 10.9 Å². The number of aliphatic hydroxyl groups is 1. The monoisotopic (exact) mass is 267 g/mol. The first-order valence-electron chi connectivity index (χ1n) is 6.50. The maximum Gasteiger partial charge on any atom is 0.126 e. The average Bonchev–Trinajstić information content (AvgIpc) is 2.49. The highest BCUT2D eigenvalue weighted by Crippen LogP contribution is 2.22. The van der Waals surface area contributed by atoms with Crippen molar-refractivity contribution in [2.45, 2.75) is 12.5 Å². The lowest BCUT2D eigenvalue weighted by atomic mass is 10.0. The van der Waals surface area contributed by atoms with Crippen molar-refractivity contribution in [2.75, 3.05) is 0 Å². The molecule has 100 valence electrons. The lowest BCUT2D eigenvalue weighted by Crippen LogP contribution is -2.04. The summed E-state index contributed by atoms with van der Waals surface area (Å²) in [7, 11) is 0. The fourth-order valence-corrected chi connectivity index (χ4v) is 2.26. The van der Waals surface area contributed by atoms with Crippen LogP contribution in [0.5, 0.6) is 0 Å². The Morgan fingerprint density at radius 2 is 1.80 bits per heavy atom. The Balaban J connectivity index is 1.89. The van der Waals surface area contributed by atoms with Crippen molar-refractivity contribution in [3.8, 4) is 0 Å². The van der Waals surface area contributed by atoms with Gasteiger partial charge >= 0.3 is 0 Å². The summed E-state index contributed by atoms with van der Waals surface area (Å²) in [6, 6.07) is 16.1. The van der Waals surface area contributed by atoms with Gasteiger partial charge in [-0.1, -0.05) is 36.4 Å². The van der Waals surface area contributed by atoms with Crippen LogP contribution in [-0.2, 0) is 6.42 Å². The van der Waals surface area contributed by atoms with Gasteiger partial charge in [-0.05, 0) is 29.3 Å². The number of halogens is 1. The van der Waals surface area contributed by atoms with Crippen molar-refractivity contribution in [1.29, 1.82) is 0 Å². The van der Waals surface area contributed by atoms with Gasteiger partial charge in [-0.25, -0.2) is 4.39 Å². The SMILES string of the molecule is OC(Cc1ccccc1F)c1cnc2ccccc2c1. The lowest BCUT2D eigenvalue weighted by molar-refractivity contribution is 0.177. The van der Waals surface area contributed by atoms with E-state index in [1.54, 1.807) is 24.4 Å². The second kappa shape index (κ2) is 5.39. The zero-order valence-corrected chi connectivity index (χ0v) is 10.8. The van der Waals surface area contributed by atoms with Crippen LogP contribution in [0.2, 0.25) is 0 Å². The van der Waals surface area contributed by atoms with Crippen molar-refractivity contribution in [2.24, 2.45) is 0 Å². The third-order valence-electron chi connectivity index (χ3n) is 3.37. The van der Waals surface area contributed by atoms with Crippen molar-refractivity contribution < 1.29 is 9.50 Å². The maximum absolute atomic E-state index is 13.6. The molecule has 0 fully saturated rings. The fourth-order valence-electron chi connectivity index (χ4n) is 2.26. The van der Waals surface area contributed by atoms with Crippen molar-refractivity contribution in [3.63, 3.8) is 0 Å². The molecule has 2 nitrogen and oxygen atoms in total. The zero-order valence-electron chi connectivity index (χ0n) is 10.8. The van der Waals surface area contributed by atoms with Gasteiger partial charge in [-0.15, -0.1) is 0 Å². The van der Waals surface area contributed by atoms with Gasteiger partial charge in [0.15, 0.2) is 0 Å². The summed E-state index contributed by atoms with van der Waals surface area (Å²) in [6.45, 7) is 0. The molecular formula is C17H14FNO. The molecule has 0 amide bonds. The molecule has 1 unspecified atom stereocenters. The van der Waals surface area contributed by atoms with Crippen molar-refractivity contribution in [1.82, 2.24) is 4.98 Å². The van der Waals surface area contributed by atoms with E-state index in [1.165, 1.54) is 6.07 Å². The Morgan fingerprint density at radius 1 is 1.05 bits per heavy atom. The number of aromatic nitrogens is 1. The van der Waals surface area contributed by atoms with Crippen LogP contribution in [0, 0.1) is 5.82 Å². The molecule has 1 atom stereocenters. The molecule has 0 saturated heterocycles. The van der Waals surface area contributed by atoms with Crippen LogP contribution in [0.4, 0.5) is 4.39 Å². The Morgan fingerprint density at radius 3 is 2.65 bits per heavy atom. The molecule has 0 spiro atoms. The molecule has 0 saturated carbocycles. The Bertz CT molecular complexity index is 742. The normalized spacial score (nSPS) is 12.5. The van der Waals surface area contributed by atoms with Gasteiger partial charge in [0.25, 0.3) is 0 Å². The van der Waals surface area contributed by atoms with Gasteiger partial charge < -0.3 is 5.11 Å². The average molecular weight is 267 g/mol. The topological polar surface area (TPSA) is 33.1 Å². The van der Waals surface area contributed by atoms with E-state index in [0.717, 1.165) is 10.9 Å². The first-order chi connectivity index (χ1) is 9.74. The van der Waals surface area contributed by atoms with E-state index in [4.69, 9.17) is 0 Å². The number of hydrogen-bond donors (Lipinski definition) is 1. The van der Waals surface area contributed by atoms with Crippen LogP contribution >= 0.6 is 0 Å². The van der Waals surface area contributed by atoms with E-state index in [2.05, 4.69) is 4.98 Å². The summed E-state index contributed by atoms with van der Waals surface area (Å²) < 4.78 is 13.6. The highest BCUT2D eigenvalue weighted by molar-refractivity contribution is 5.78. The molecule has 0 radical (unpaired) electrons. The van der Waals surface area contributed by atoms with Gasteiger partial charge in [0, 0.05) is 18.0 Å². The number of hydrogen-bond acceptors (Lipinski definition) is 2. The van der Waals surface area contributed by atoms with Crippen LogP contribution in [0.3, 0.4) is 0 Å². The molecule has 3 heteroatoms. The lowest BCUT2D eigenvalue weighted by Gasteiger charge is -2.12. The van der Waals surface area contributed by atoms with Crippen LogP contribution in [0.15, 0.2) is 60.8 Å². The van der Waals surface area contributed by atoms with E-state index < -0.39 is 6.10 Å². The van der Waals surface area contributed by atoms with E-state index >= 15 is 0 Å². The number of pyridine rings is 1. The summed E-state index contributed by atoms with van der Waals surface area (Å²) in [5, 5.41) is 11.2. The summed E-state index contributed by atoms with van der Waals surface area (Å²) >= 11 is 0. The minimum atomic E-state index is -0.760. The van der Waals surface area contributed by atoms with Crippen molar-refractivity contribution in [3.05, 3.63) is 77.7 Å². The third kappa shape index (κ3) is 2.53. The van der Waals surface area contributed by atoms with Gasteiger partial charge in [0.2, 0.25) is 0 Å². The van der Waals surface area contributed by atoms with Crippen LogP contribution in [0.25, 0.3) is 10.9 Å². The fraction of sp³-hybridized carbons (Fsp3) is 0.118. The predicted molar refractivity (Wildman–Crippen MR) is 76.8 cm³/mol. The Hall–Kier alpha value is -2.26. The highest BCUT2D eigenvalue weighted by Gasteiger charge is 2.12. The molecule has 3 aromatic rings. The molecule has 0 aliphatic heterocycles. The van der Waals surface area contributed by atoms with E-state index in [0.29, 0.717) is 11.1 Å². The van der Waals surface area contributed by atoms with Crippen LogP contribution in [-0.4, -0.2) is 10.1 Å². The molecular weight excluding hydrogens is 253 g/mol. The molecule has 1 aromatic heterocycles. The number of benzene rings is 2. The quantitative estimate of drug-likeness (QED) is 0.785. The summed E-state index contributed by atoms with van der Waals surface area (Å²) in [4.78, 5) is 4.31. The van der Waals surface area contributed by atoms with Gasteiger partial charge in [0.05, 0.1) is 11.6 Å². The largest absolute Gasteiger partial charge is 0.388 e. The second-order valence-corrected chi connectivity index (χ2v) is 4.77. The van der Waals surface area contributed by atoms with E-state index in [-0.39, 0.29) is 12.2 Å². The number of aliphatic hydroxyl groups excluding tert-OH is 1. The standard InChI is InChI=1S/C17H14FNO/c18-15-7-3-1-5-12(15)10-17(20)14-9-13-6-2-4-8-16(13)19-11-14/h1-9,11,17,20H,10H2. The number of rotatable bonds is 3. The third-order valence-corrected chi connectivity index (χ3v) is 3.37. The first-order valence-corrected chi connectivity index (χ1v) is 6.50. The molecule has 0 bridgehead atoms. The molecule has 0 aliphatic rings. The van der Waals surface area contributed by atoms with E-state index in [1.807, 2.05) is 30.3 Å². The number of nitrogens with zero attached hydrogens (tertiary/aromatic N) is 1. The zero-order chi connectivity index (χ0) is 13.9. The molecule has 1 N–H and O–H groups in total. The Labute approximate surface area is 116 Å². The predicted octanol–water partition coefficient (Wildman–Crippen LogP) is 3.65. The minimum Gasteiger partial charge on any atom is -0.388 e. The summed E-state index contributed by atoms with van der Waals surface area (Å²) in [5.41, 5.74) is 2.09. The van der Waals surface area contributed by atoms with Crippen LogP contribution < -0.4 is 0 Å². The van der Waals surface area contributed by atoms with Gasteiger partial charge in [0.1, 0.15) is 5.82 Å². The van der Waals surface area contributed by atoms with Crippen LogP contribution in [0.1, 0.15) is 17.2 Å². The Kier molecular flexibility index (Phi) is 3.44. The molecule has 2 aromatic carbocycles.